The molecule has 0 aliphatic carbocycles. The Morgan fingerprint density at radius 3 is 2.85 bits per heavy atom. The van der Waals surface area contributed by atoms with Crippen molar-refractivity contribution in [3.05, 3.63) is 45.7 Å². The first-order valence-electron chi connectivity index (χ1n) is 6.33. The van der Waals surface area contributed by atoms with Crippen LogP contribution in [0.2, 0.25) is 5.02 Å². The molecule has 20 heavy (non-hydrogen) atoms. The third-order valence-electron chi connectivity index (χ3n) is 2.62. The molecule has 0 amide bonds. The third-order valence-corrected chi connectivity index (χ3v) is 5.04. The van der Waals surface area contributed by atoms with Crippen molar-refractivity contribution in [3.8, 4) is 0 Å². The molecule has 0 aliphatic heterocycles. The van der Waals surface area contributed by atoms with E-state index in [4.69, 9.17) is 11.6 Å². The normalized spacial score (nSPS) is 10.6. The average Bonchev–Trinajstić information content (AvgIpc) is 2.46. The number of hydrogen-bond donors (Lipinski definition) is 1. The minimum atomic E-state index is 0.780. The maximum atomic E-state index is 6.16. The van der Waals surface area contributed by atoms with E-state index >= 15 is 0 Å². The van der Waals surface area contributed by atoms with Gasteiger partial charge in [-0.25, -0.2) is 9.97 Å². The summed E-state index contributed by atoms with van der Waals surface area (Å²) in [6, 6.07) is 7.86. The first-order chi connectivity index (χ1) is 9.72. The van der Waals surface area contributed by atoms with Crippen LogP contribution in [0.1, 0.15) is 18.9 Å². The van der Waals surface area contributed by atoms with Crippen LogP contribution >= 0.6 is 39.3 Å². The van der Waals surface area contributed by atoms with E-state index in [1.165, 1.54) is 0 Å². The Balaban J connectivity index is 2.08. The second-order valence-electron chi connectivity index (χ2n) is 4.15. The Bertz CT molecular complexity index is 580. The number of hydrogen-bond acceptors (Lipinski definition) is 4. The molecule has 6 heteroatoms. The van der Waals surface area contributed by atoms with Gasteiger partial charge in [0.15, 0.2) is 0 Å². The summed E-state index contributed by atoms with van der Waals surface area (Å²) in [7, 11) is 0. The lowest BCUT2D eigenvalue weighted by atomic mass is 10.2. The Labute approximate surface area is 136 Å². The fourth-order valence-electron chi connectivity index (χ4n) is 1.58. The molecule has 3 nitrogen and oxygen atoms in total. The van der Waals surface area contributed by atoms with Gasteiger partial charge in [0.25, 0.3) is 0 Å². The molecule has 0 spiro atoms. The SMILES string of the molecule is CCCNc1ncnc(SCc2ccccc2Cl)c1Br. The quantitative estimate of drug-likeness (QED) is 0.571. The summed E-state index contributed by atoms with van der Waals surface area (Å²) in [5.74, 6) is 1.62. The number of aromatic nitrogens is 2. The highest BCUT2D eigenvalue weighted by molar-refractivity contribution is 9.10. The Morgan fingerprint density at radius 1 is 1.30 bits per heavy atom. The topological polar surface area (TPSA) is 37.8 Å². The van der Waals surface area contributed by atoms with Crippen LogP contribution in [-0.4, -0.2) is 16.5 Å². The van der Waals surface area contributed by atoms with Gasteiger partial charge in [0.1, 0.15) is 17.2 Å². The Morgan fingerprint density at radius 2 is 2.10 bits per heavy atom. The molecule has 1 aromatic heterocycles. The van der Waals surface area contributed by atoms with Crippen LogP contribution in [-0.2, 0) is 5.75 Å². The lowest BCUT2D eigenvalue weighted by Crippen LogP contribution is -2.03. The zero-order valence-electron chi connectivity index (χ0n) is 11.1. The number of nitrogens with one attached hydrogen (secondary N) is 1. The molecule has 0 saturated heterocycles. The molecule has 0 unspecified atom stereocenters. The van der Waals surface area contributed by atoms with Crippen molar-refractivity contribution < 1.29 is 0 Å². The summed E-state index contributed by atoms with van der Waals surface area (Å²) in [5, 5.41) is 4.98. The molecule has 0 bridgehead atoms. The monoisotopic (exact) mass is 371 g/mol. The molecule has 0 fully saturated rings. The third kappa shape index (κ3) is 4.11. The van der Waals surface area contributed by atoms with Gasteiger partial charge >= 0.3 is 0 Å². The van der Waals surface area contributed by atoms with Crippen molar-refractivity contribution >= 4 is 45.1 Å². The van der Waals surface area contributed by atoms with Gasteiger partial charge in [0.2, 0.25) is 0 Å². The van der Waals surface area contributed by atoms with Gasteiger partial charge in [-0.15, -0.1) is 11.8 Å². The maximum Gasteiger partial charge on any atom is 0.144 e. The van der Waals surface area contributed by atoms with Crippen molar-refractivity contribution in [2.24, 2.45) is 0 Å². The van der Waals surface area contributed by atoms with Crippen LogP contribution < -0.4 is 5.32 Å². The second-order valence-corrected chi connectivity index (χ2v) is 6.31. The number of thioether (sulfide) groups is 1. The fourth-order valence-corrected chi connectivity index (χ4v) is 3.44. The zero-order valence-corrected chi connectivity index (χ0v) is 14.2. The van der Waals surface area contributed by atoms with Crippen LogP contribution in [0.4, 0.5) is 5.82 Å². The van der Waals surface area contributed by atoms with Crippen molar-refractivity contribution in [2.45, 2.75) is 24.1 Å². The van der Waals surface area contributed by atoms with E-state index < -0.39 is 0 Å². The predicted molar refractivity (Wildman–Crippen MR) is 89.5 cm³/mol. The summed E-state index contributed by atoms with van der Waals surface area (Å²) in [6.07, 6.45) is 2.64. The fraction of sp³-hybridized carbons (Fsp3) is 0.286. The molecule has 1 aromatic carbocycles. The van der Waals surface area contributed by atoms with Gasteiger partial charge in [0.05, 0.1) is 4.47 Å². The lowest BCUT2D eigenvalue weighted by molar-refractivity contribution is 0.946. The summed E-state index contributed by atoms with van der Waals surface area (Å²) in [6.45, 7) is 3.01. The molecule has 2 rings (SSSR count). The van der Waals surface area contributed by atoms with Crippen molar-refractivity contribution in [2.75, 3.05) is 11.9 Å². The largest absolute Gasteiger partial charge is 0.369 e. The van der Waals surface area contributed by atoms with Gasteiger partial charge in [-0.1, -0.05) is 36.7 Å². The van der Waals surface area contributed by atoms with Gasteiger partial charge in [0, 0.05) is 17.3 Å². The van der Waals surface area contributed by atoms with Crippen LogP contribution in [0.5, 0.6) is 0 Å². The zero-order chi connectivity index (χ0) is 14.4. The molecular formula is C14H15BrClN3S. The maximum absolute atomic E-state index is 6.16. The number of halogens is 2. The number of anilines is 1. The van der Waals surface area contributed by atoms with Crippen LogP contribution in [0.15, 0.2) is 40.1 Å². The molecule has 0 aliphatic rings. The van der Waals surface area contributed by atoms with Gasteiger partial charge in [-0.3, -0.25) is 0 Å². The van der Waals surface area contributed by atoms with Crippen LogP contribution in [0.3, 0.4) is 0 Å². The van der Waals surface area contributed by atoms with E-state index in [-0.39, 0.29) is 0 Å². The highest BCUT2D eigenvalue weighted by atomic mass is 79.9. The number of nitrogens with zero attached hydrogens (tertiary/aromatic N) is 2. The predicted octanol–water partition coefficient (Wildman–Crippen LogP) is 5.01. The average molecular weight is 373 g/mol. The molecule has 1 heterocycles. The highest BCUT2D eigenvalue weighted by Gasteiger charge is 2.09. The van der Waals surface area contributed by atoms with Crippen molar-refractivity contribution in [3.63, 3.8) is 0 Å². The molecule has 2 aromatic rings. The summed E-state index contributed by atoms with van der Waals surface area (Å²) < 4.78 is 0.908. The lowest BCUT2D eigenvalue weighted by Gasteiger charge is -2.09. The number of benzene rings is 1. The standard InChI is InChI=1S/C14H15BrClN3S/c1-2-7-17-13-12(15)14(19-9-18-13)20-8-10-5-3-4-6-11(10)16/h3-6,9H,2,7-8H2,1H3,(H,17,18,19). The van der Waals surface area contributed by atoms with Crippen LogP contribution in [0.25, 0.3) is 0 Å². The molecular weight excluding hydrogens is 358 g/mol. The Kier molecular flexibility index (Phi) is 6.13. The molecule has 0 saturated carbocycles. The van der Waals surface area contributed by atoms with Gasteiger partial charge in [-0.2, -0.15) is 0 Å². The first kappa shape index (κ1) is 15.6. The van der Waals surface area contributed by atoms with Crippen molar-refractivity contribution in [1.29, 1.82) is 0 Å². The first-order valence-corrected chi connectivity index (χ1v) is 8.48. The second kappa shape index (κ2) is 7.86. The van der Waals surface area contributed by atoms with E-state index in [2.05, 4.69) is 38.1 Å². The summed E-state index contributed by atoms with van der Waals surface area (Å²) >= 11 is 11.4. The molecule has 1 N–H and O–H groups in total. The smallest absolute Gasteiger partial charge is 0.144 e. The minimum Gasteiger partial charge on any atom is -0.369 e. The molecule has 0 radical (unpaired) electrons. The summed E-state index contributed by atoms with van der Waals surface area (Å²) in [4.78, 5) is 8.55. The van der Waals surface area contributed by atoms with Gasteiger partial charge in [-0.05, 0) is 34.0 Å². The van der Waals surface area contributed by atoms with Gasteiger partial charge < -0.3 is 5.32 Å². The van der Waals surface area contributed by atoms with E-state index in [0.29, 0.717) is 0 Å². The van der Waals surface area contributed by atoms with E-state index in [9.17, 15) is 0 Å². The van der Waals surface area contributed by atoms with E-state index in [0.717, 1.165) is 44.6 Å². The number of rotatable bonds is 6. The van der Waals surface area contributed by atoms with Crippen molar-refractivity contribution in [1.82, 2.24) is 9.97 Å². The molecule has 106 valence electrons. The summed E-state index contributed by atoms with van der Waals surface area (Å²) in [5.41, 5.74) is 1.10. The highest BCUT2D eigenvalue weighted by Crippen LogP contribution is 2.33. The minimum absolute atomic E-state index is 0.780. The van der Waals surface area contributed by atoms with E-state index in [1.807, 2.05) is 24.3 Å². The van der Waals surface area contributed by atoms with Crippen LogP contribution in [0, 0.1) is 0 Å². The van der Waals surface area contributed by atoms with E-state index in [1.54, 1.807) is 18.1 Å². The Hall–Kier alpha value is -0.780. The molecule has 0 atom stereocenters.